The number of aryl methyl sites for hydroxylation is 1. The molecule has 2 aliphatic rings. The van der Waals surface area contributed by atoms with Crippen LogP contribution in [0.15, 0.2) is 16.8 Å². The molecule has 1 atom stereocenters. The van der Waals surface area contributed by atoms with Gasteiger partial charge in [-0.1, -0.05) is 5.16 Å². The van der Waals surface area contributed by atoms with Crippen LogP contribution < -0.4 is 5.32 Å². The SMILES string of the molecule is Cn1nccc1CN1CCC[C@@H]1c1nc(C(=O)NC2CC2)no1. The molecule has 1 aliphatic carbocycles. The van der Waals surface area contributed by atoms with Crippen LogP contribution in [0.5, 0.6) is 0 Å². The molecule has 8 heteroatoms. The first-order chi connectivity index (χ1) is 11.2. The maximum atomic E-state index is 12.0. The Kier molecular flexibility index (Phi) is 3.60. The third-order valence-corrected chi connectivity index (χ3v) is 4.49. The third-order valence-electron chi connectivity index (χ3n) is 4.49. The number of nitrogens with one attached hydrogen (secondary N) is 1. The van der Waals surface area contributed by atoms with Gasteiger partial charge in [-0.25, -0.2) is 0 Å². The van der Waals surface area contributed by atoms with Gasteiger partial charge in [0.15, 0.2) is 0 Å². The number of carbonyl (C=O) groups is 1. The lowest BCUT2D eigenvalue weighted by molar-refractivity contribution is 0.0937. The molecule has 1 N–H and O–H groups in total. The van der Waals surface area contributed by atoms with E-state index in [4.69, 9.17) is 4.52 Å². The number of amides is 1. The summed E-state index contributed by atoms with van der Waals surface area (Å²) in [5.74, 6) is 0.434. The van der Waals surface area contributed by atoms with Crippen molar-refractivity contribution in [2.75, 3.05) is 6.54 Å². The van der Waals surface area contributed by atoms with Crippen LogP contribution in [0.4, 0.5) is 0 Å². The Balaban J connectivity index is 1.46. The summed E-state index contributed by atoms with van der Waals surface area (Å²) in [6, 6.07) is 2.37. The van der Waals surface area contributed by atoms with Crippen LogP contribution in [0, 0.1) is 0 Å². The molecule has 8 nitrogen and oxygen atoms in total. The Labute approximate surface area is 133 Å². The topological polar surface area (TPSA) is 89.1 Å². The lowest BCUT2D eigenvalue weighted by Gasteiger charge is -2.21. The second-order valence-corrected chi connectivity index (χ2v) is 6.28. The summed E-state index contributed by atoms with van der Waals surface area (Å²) in [5.41, 5.74) is 1.14. The first kappa shape index (κ1) is 14.4. The Morgan fingerprint density at radius 1 is 1.43 bits per heavy atom. The highest BCUT2D eigenvalue weighted by molar-refractivity contribution is 5.90. The van der Waals surface area contributed by atoms with Gasteiger partial charge in [-0.05, 0) is 38.3 Å². The van der Waals surface area contributed by atoms with Gasteiger partial charge in [-0.3, -0.25) is 14.4 Å². The van der Waals surface area contributed by atoms with Crippen LogP contribution in [0.25, 0.3) is 0 Å². The van der Waals surface area contributed by atoms with E-state index < -0.39 is 0 Å². The summed E-state index contributed by atoms with van der Waals surface area (Å²) in [7, 11) is 1.94. The normalized spacial score (nSPS) is 21.7. The fourth-order valence-electron chi connectivity index (χ4n) is 3.00. The van der Waals surface area contributed by atoms with Gasteiger partial charge < -0.3 is 9.84 Å². The molecule has 1 aliphatic heterocycles. The minimum absolute atomic E-state index is 0.0693. The number of aromatic nitrogens is 4. The molecule has 2 fully saturated rings. The highest BCUT2D eigenvalue weighted by Crippen LogP contribution is 2.32. The van der Waals surface area contributed by atoms with Crippen LogP contribution in [0.1, 0.15) is 53.9 Å². The smallest absolute Gasteiger partial charge is 0.292 e. The number of carbonyl (C=O) groups excluding carboxylic acids is 1. The minimum atomic E-state index is -0.237. The molecule has 0 bridgehead atoms. The van der Waals surface area contributed by atoms with Crippen molar-refractivity contribution in [3.05, 3.63) is 29.7 Å². The first-order valence-corrected chi connectivity index (χ1v) is 8.06. The standard InChI is InChI=1S/C15H20N6O2/c1-20-11(6-7-16-20)9-21-8-2-3-12(21)15-18-13(19-23-15)14(22)17-10-4-5-10/h6-7,10,12H,2-5,8-9H2,1H3,(H,17,22)/t12-/m1/s1. The van der Waals surface area contributed by atoms with Gasteiger partial charge >= 0.3 is 0 Å². The molecule has 3 heterocycles. The number of hydrogen-bond donors (Lipinski definition) is 1. The van der Waals surface area contributed by atoms with Gasteiger partial charge in [0, 0.05) is 25.8 Å². The molecular formula is C15H20N6O2. The molecule has 23 heavy (non-hydrogen) atoms. The second kappa shape index (κ2) is 5.77. The van der Waals surface area contributed by atoms with Crippen molar-refractivity contribution in [3.8, 4) is 0 Å². The van der Waals surface area contributed by atoms with E-state index in [2.05, 4.69) is 25.5 Å². The summed E-state index contributed by atoms with van der Waals surface area (Å²) < 4.78 is 7.24. The molecule has 0 unspecified atom stereocenters. The second-order valence-electron chi connectivity index (χ2n) is 6.28. The Morgan fingerprint density at radius 3 is 3.04 bits per heavy atom. The van der Waals surface area contributed by atoms with E-state index in [-0.39, 0.29) is 23.8 Å². The lowest BCUT2D eigenvalue weighted by Crippen LogP contribution is -2.27. The van der Waals surface area contributed by atoms with E-state index in [0.717, 1.165) is 44.5 Å². The van der Waals surface area contributed by atoms with E-state index in [1.807, 2.05) is 17.8 Å². The molecule has 2 aromatic heterocycles. The Bertz CT molecular complexity index is 704. The summed E-state index contributed by atoms with van der Waals surface area (Å²) in [4.78, 5) is 18.6. The van der Waals surface area contributed by atoms with Crippen molar-refractivity contribution in [3.63, 3.8) is 0 Å². The minimum Gasteiger partial charge on any atom is -0.346 e. The highest BCUT2D eigenvalue weighted by Gasteiger charge is 2.32. The van der Waals surface area contributed by atoms with E-state index in [1.54, 1.807) is 6.20 Å². The van der Waals surface area contributed by atoms with E-state index in [1.165, 1.54) is 0 Å². The predicted octanol–water partition coefficient (Wildman–Crippen LogP) is 1.03. The molecular weight excluding hydrogens is 296 g/mol. The van der Waals surface area contributed by atoms with E-state index in [0.29, 0.717) is 5.89 Å². The summed E-state index contributed by atoms with van der Waals surface area (Å²) in [5, 5.41) is 10.9. The molecule has 2 aromatic rings. The average Bonchev–Trinajstić information content (AvgIpc) is 2.96. The molecule has 1 saturated carbocycles. The van der Waals surface area contributed by atoms with Crippen LogP contribution in [-0.2, 0) is 13.6 Å². The zero-order chi connectivity index (χ0) is 15.8. The fraction of sp³-hybridized carbons (Fsp3) is 0.600. The van der Waals surface area contributed by atoms with Gasteiger partial charge in [0.25, 0.3) is 11.7 Å². The maximum Gasteiger partial charge on any atom is 0.292 e. The average molecular weight is 316 g/mol. The molecule has 0 spiro atoms. The van der Waals surface area contributed by atoms with Gasteiger partial charge in [0.1, 0.15) is 0 Å². The highest BCUT2D eigenvalue weighted by atomic mass is 16.5. The largest absolute Gasteiger partial charge is 0.346 e. The van der Waals surface area contributed by atoms with Gasteiger partial charge in [-0.15, -0.1) is 0 Å². The van der Waals surface area contributed by atoms with Crippen molar-refractivity contribution < 1.29 is 9.32 Å². The Hall–Kier alpha value is -2.22. The van der Waals surface area contributed by atoms with E-state index >= 15 is 0 Å². The zero-order valence-corrected chi connectivity index (χ0v) is 13.1. The van der Waals surface area contributed by atoms with Crippen molar-refractivity contribution in [2.45, 2.75) is 44.3 Å². The molecule has 1 saturated heterocycles. The number of hydrogen-bond acceptors (Lipinski definition) is 6. The first-order valence-electron chi connectivity index (χ1n) is 8.06. The molecule has 122 valence electrons. The fourth-order valence-corrected chi connectivity index (χ4v) is 3.00. The third kappa shape index (κ3) is 2.98. The number of likely N-dealkylation sites (tertiary alicyclic amines) is 1. The molecule has 1 amide bonds. The van der Waals surface area contributed by atoms with Crippen LogP contribution in [0.3, 0.4) is 0 Å². The monoisotopic (exact) mass is 316 g/mol. The van der Waals surface area contributed by atoms with Gasteiger partial charge in [0.2, 0.25) is 5.89 Å². The quantitative estimate of drug-likeness (QED) is 0.886. The van der Waals surface area contributed by atoms with Crippen molar-refractivity contribution in [2.24, 2.45) is 7.05 Å². The van der Waals surface area contributed by atoms with Crippen LogP contribution >= 0.6 is 0 Å². The summed E-state index contributed by atoms with van der Waals surface area (Å²) >= 11 is 0. The van der Waals surface area contributed by atoms with Crippen LogP contribution in [-0.4, -0.2) is 43.3 Å². The Morgan fingerprint density at radius 2 is 2.30 bits per heavy atom. The zero-order valence-electron chi connectivity index (χ0n) is 13.1. The number of nitrogens with zero attached hydrogens (tertiary/aromatic N) is 5. The van der Waals surface area contributed by atoms with Crippen molar-refractivity contribution in [1.29, 1.82) is 0 Å². The predicted molar refractivity (Wildman–Crippen MR) is 80.4 cm³/mol. The van der Waals surface area contributed by atoms with Gasteiger partial charge in [0.05, 0.1) is 11.7 Å². The van der Waals surface area contributed by atoms with Gasteiger partial charge in [-0.2, -0.15) is 10.1 Å². The lowest BCUT2D eigenvalue weighted by atomic mass is 10.2. The van der Waals surface area contributed by atoms with Crippen LogP contribution in [0.2, 0.25) is 0 Å². The summed E-state index contributed by atoms with van der Waals surface area (Å²) in [6.45, 7) is 1.76. The maximum absolute atomic E-state index is 12.0. The molecule has 0 aromatic carbocycles. The van der Waals surface area contributed by atoms with Crippen molar-refractivity contribution in [1.82, 2.24) is 30.1 Å². The number of rotatable bonds is 5. The molecule has 0 radical (unpaired) electrons. The summed E-state index contributed by atoms with van der Waals surface area (Å²) in [6.07, 6.45) is 5.92. The van der Waals surface area contributed by atoms with E-state index in [9.17, 15) is 4.79 Å². The van der Waals surface area contributed by atoms with Crippen molar-refractivity contribution >= 4 is 5.91 Å². The molecule has 4 rings (SSSR count).